The van der Waals surface area contributed by atoms with E-state index in [-0.39, 0.29) is 6.04 Å². The van der Waals surface area contributed by atoms with Crippen LogP contribution in [0.1, 0.15) is 41.9 Å². The molecule has 6 nitrogen and oxygen atoms in total. The van der Waals surface area contributed by atoms with Crippen LogP contribution in [0.3, 0.4) is 0 Å². The zero-order chi connectivity index (χ0) is 17.2. The molecule has 0 radical (unpaired) electrons. The maximum Gasteiger partial charge on any atom is 0.249 e. The first-order valence-electron chi connectivity index (χ1n) is 8.32. The topological polar surface area (TPSA) is 67.9 Å². The average molecular weight is 400 g/mol. The lowest BCUT2D eigenvalue weighted by atomic mass is 10.1. The number of nitrogens with zero attached hydrogens (tertiary/aromatic N) is 5. The zero-order valence-electron chi connectivity index (χ0n) is 13.9. The van der Waals surface area contributed by atoms with Crippen molar-refractivity contribution in [3.05, 3.63) is 64.0 Å². The number of aromatic nitrogens is 4. The maximum absolute atomic E-state index is 5.56. The predicted octanol–water partition coefficient (Wildman–Crippen LogP) is 3.86. The van der Waals surface area contributed by atoms with E-state index in [4.69, 9.17) is 4.52 Å². The highest BCUT2D eigenvalue weighted by molar-refractivity contribution is 9.10. The van der Waals surface area contributed by atoms with Crippen LogP contribution in [0.15, 0.2) is 45.5 Å². The van der Waals surface area contributed by atoms with Crippen LogP contribution < -0.4 is 4.90 Å². The molecule has 0 aliphatic carbocycles. The third-order valence-corrected chi connectivity index (χ3v) is 4.86. The number of hydrogen-bond donors (Lipinski definition) is 0. The van der Waals surface area contributed by atoms with Crippen LogP contribution in [-0.4, -0.2) is 26.7 Å². The van der Waals surface area contributed by atoms with Crippen molar-refractivity contribution in [1.82, 2.24) is 20.1 Å². The van der Waals surface area contributed by atoms with E-state index in [2.05, 4.69) is 53.1 Å². The number of rotatable bonds is 4. The largest absolute Gasteiger partial charge is 0.337 e. The molecule has 128 valence electrons. The Morgan fingerprint density at radius 2 is 2.04 bits per heavy atom. The van der Waals surface area contributed by atoms with Gasteiger partial charge in [-0.1, -0.05) is 33.2 Å². The third kappa shape index (κ3) is 3.56. The first-order chi connectivity index (χ1) is 12.2. The van der Waals surface area contributed by atoms with Gasteiger partial charge in [0.2, 0.25) is 11.8 Å². The third-order valence-electron chi connectivity index (χ3n) is 4.34. The molecular formula is C18H18BrN5O. The van der Waals surface area contributed by atoms with E-state index in [0.29, 0.717) is 18.1 Å². The summed E-state index contributed by atoms with van der Waals surface area (Å²) in [5.74, 6) is 2.08. The van der Waals surface area contributed by atoms with Crippen molar-refractivity contribution in [2.24, 2.45) is 0 Å². The van der Waals surface area contributed by atoms with Gasteiger partial charge in [-0.15, -0.1) is 0 Å². The lowest BCUT2D eigenvalue weighted by Crippen LogP contribution is -2.25. The quantitative estimate of drug-likeness (QED) is 0.663. The van der Waals surface area contributed by atoms with Crippen molar-refractivity contribution in [3.8, 4) is 0 Å². The normalized spacial score (nSPS) is 17.2. The molecule has 7 heteroatoms. The van der Waals surface area contributed by atoms with E-state index in [1.54, 1.807) is 6.20 Å². The molecule has 3 heterocycles. The summed E-state index contributed by atoms with van der Waals surface area (Å²) in [6.45, 7) is 2.87. The summed E-state index contributed by atoms with van der Waals surface area (Å²) in [4.78, 5) is 15.7. The first kappa shape index (κ1) is 16.2. The van der Waals surface area contributed by atoms with Crippen molar-refractivity contribution in [2.75, 3.05) is 11.4 Å². The monoisotopic (exact) mass is 399 g/mol. The molecule has 0 spiro atoms. The SMILES string of the molecule is Cc1ccnc(N2CCCC2c2nc(Cc3ccc(Br)cc3)no2)n1. The van der Waals surface area contributed by atoms with Gasteiger partial charge in [0.15, 0.2) is 5.82 Å². The van der Waals surface area contributed by atoms with Crippen molar-refractivity contribution in [2.45, 2.75) is 32.2 Å². The smallest absolute Gasteiger partial charge is 0.249 e. The summed E-state index contributed by atoms with van der Waals surface area (Å²) in [5, 5.41) is 4.16. The van der Waals surface area contributed by atoms with Gasteiger partial charge in [0.05, 0.1) is 0 Å². The Morgan fingerprint density at radius 1 is 1.20 bits per heavy atom. The number of anilines is 1. The van der Waals surface area contributed by atoms with Gasteiger partial charge in [-0.3, -0.25) is 0 Å². The molecule has 1 aromatic carbocycles. The Bertz CT molecular complexity index is 864. The van der Waals surface area contributed by atoms with Gasteiger partial charge in [-0.05, 0) is 43.5 Å². The van der Waals surface area contributed by atoms with E-state index in [1.807, 2.05) is 25.1 Å². The molecule has 25 heavy (non-hydrogen) atoms. The standard InChI is InChI=1S/C18H18BrN5O/c1-12-8-9-20-18(21-12)24-10-2-3-15(24)17-22-16(23-25-17)11-13-4-6-14(19)7-5-13/h4-9,15H,2-3,10-11H2,1H3. The molecule has 1 atom stereocenters. The molecule has 2 aromatic heterocycles. The molecule has 0 amide bonds. The van der Waals surface area contributed by atoms with Gasteiger partial charge in [-0.2, -0.15) is 4.98 Å². The Hall–Kier alpha value is -2.28. The lowest BCUT2D eigenvalue weighted by Gasteiger charge is -2.21. The van der Waals surface area contributed by atoms with Crippen LogP contribution in [0.2, 0.25) is 0 Å². The summed E-state index contributed by atoms with van der Waals surface area (Å²) >= 11 is 3.45. The van der Waals surface area contributed by atoms with Crippen LogP contribution in [0.25, 0.3) is 0 Å². The van der Waals surface area contributed by atoms with Crippen LogP contribution in [0, 0.1) is 6.92 Å². The summed E-state index contributed by atoms with van der Waals surface area (Å²) in [5.41, 5.74) is 2.11. The Labute approximate surface area is 154 Å². The zero-order valence-corrected chi connectivity index (χ0v) is 15.5. The minimum absolute atomic E-state index is 0.0490. The van der Waals surface area contributed by atoms with Crippen molar-refractivity contribution >= 4 is 21.9 Å². The molecule has 4 rings (SSSR count). The number of aryl methyl sites for hydroxylation is 1. The van der Waals surface area contributed by atoms with Crippen molar-refractivity contribution in [3.63, 3.8) is 0 Å². The molecule has 1 saturated heterocycles. The van der Waals surface area contributed by atoms with E-state index in [1.165, 1.54) is 0 Å². The van der Waals surface area contributed by atoms with Crippen LogP contribution in [-0.2, 0) is 6.42 Å². The first-order valence-corrected chi connectivity index (χ1v) is 9.11. The van der Waals surface area contributed by atoms with Gasteiger partial charge < -0.3 is 9.42 Å². The molecular weight excluding hydrogens is 382 g/mol. The highest BCUT2D eigenvalue weighted by Gasteiger charge is 2.32. The van der Waals surface area contributed by atoms with E-state index < -0.39 is 0 Å². The van der Waals surface area contributed by atoms with Gasteiger partial charge in [-0.25, -0.2) is 9.97 Å². The molecule has 1 aliphatic rings. The summed E-state index contributed by atoms with van der Waals surface area (Å²) < 4.78 is 6.62. The second-order valence-electron chi connectivity index (χ2n) is 6.20. The number of benzene rings is 1. The Morgan fingerprint density at radius 3 is 2.84 bits per heavy atom. The minimum Gasteiger partial charge on any atom is -0.337 e. The van der Waals surface area contributed by atoms with Crippen LogP contribution in [0.4, 0.5) is 5.95 Å². The molecule has 0 saturated carbocycles. The fraction of sp³-hybridized carbons (Fsp3) is 0.333. The second-order valence-corrected chi connectivity index (χ2v) is 7.12. The molecule has 0 N–H and O–H groups in total. The molecule has 0 bridgehead atoms. The molecule has 1 unspecified atom stereocenters. The minimum atomic E-state index is 0.0490. The fourth-order valence-corrected chi connectivity index (χ4v) is 3.36. The molecule has 1 aliphatic heterocycles. The second kappa shape index (κ2) is 6.92. The predicted molar refractivity (Wildman–Crippen MR) is 97.3 cm³/mol. The number of hydrogen-bond acceptors (Lipinski definition) is 6. The van der Waals surface area contributed by atoms with Gasteiger partial charge in [0.1, 0.15) is 6.04 Å². The van der Waals surface area contributed by atoms with Crippen LogP contribution in [0.5, 0.6) is 0 Å². The van der Waals surface area contributed by atoms with E-state index in [0.717, 1.165) is 41.1 Å². The van der Waals surface area contributed by atoms with Gasteiger partial charge in [0.25, 0.3) is 0 Å². The van der Waals surface area contributed by atoms with Crippen molar-refractivity contribution < 1.29 is 4.52 Å². The maximum atomic E-state index is 5.56. The van der Waals surface area contributed by atoms with Gasteiger partial charge >= 0.3 is 0 Å². The Balaban J connectivity index is 1.53. The highest BCUT2D eigenvalue weighted by Crippen LogP contribution is 2.33. The number of halogens is 1. The fourth-order valence-electron chi connectivity index (χ4n) is 3.10. The molecule has 3 aromatic rings. The van der Waals surface area contributed by atoms with E-state index >= 15 is 0 Å². The highest BCUT2D eigenvalue weighted by atomic mass is 79.9. The molecule has 1 fully saturated rings. The lowest BCUT2D eigenvalue weighted by molar-refractivity contribution is 0.350. The summed E-state index contributed by atoms with van der Waals surface area (Å²) in [6, 6.07) is 10.1. The van der Waals surface area contributed by atoms with Gasteiger partial charge in [0, 0.05) is 29.3 Å². The Kier molecular flexibility index (Phi) is 4.48. The average Bonchev–Trinajstić information content (AvgIpc) is 3.26. The summed E-state index contributed by atoms with van der Waals surface area (Å²) in [6.07, 6.45) is 4.48. The van der Waals surface area contributed by atoms with E-state index in [9.17, 15) is 0 Å². The van der Waals surface area contributed by atoms with Crippen molar-refractivity contribution in [1.29, 1.82) is 0 Å². The van der Waals surface area contributed by atoms with Crippen LogP contribution >= 0.6 is 15.9 Å². The summed E-state index contributed by atoms with van der Waals surface area (Å²) in [7, 11) is 0.